The third-order valence-corrected chi connectivity index (χ3v) is 7.90. The van der Waals surface area contributed by atoms with Gasteiger partial charge in [0.15, 0.2) is 0 Å². The zero-order chi connectivity index (χ0) is 27.2. The molecular weight excluding hydrogens is 496 g/mol. The highest BCUT2D eigenvalue weighted by atomic mass is 32.1. The van der Waals surface area contributed by atoms with E-state index in [1.54, 1.807) is 47.6 Å². The van der Waals surface area contributed by atoms with Crippen molar-refractivity contribution in [2.75, 3.05) is 33.4 Å². The summed E-state index contributed by atoms with van der Waals surface area (Å²) in [6.45, 7) is 9.95. The minimum absolute atomic E-state index is 0.0299. The molecule has 0 saturated heterocycles. The van der Waals surface area contributed by atoms with Crippen LogP contribution in [0.5, 0.6) is 11.5 Å². The predicted octanol–water partition coefficient (Wildman–Crippen LogP) is 6.18. The number of carbonyl (C=O) groups excluding carboxylic acids is 2. The predicted molar refractivity (Wildman–Crippen MR) is 152 cm³/mol. The molecule has 0 N–H and O–H groups in total. The van der Waals surface area contributed by atoms with Crippen LogP contribution in [-0.2, 0) is 11.2 Å². The quantitative estimate of drug-likeness (QED) is 0.312. The van der Waals surface area contributed by atoms with Crippen LogP contribution in [0.15, 0.2) is 60.0 Å². The van der Waals surface area contributed by atoms with Gasteiger partial charge in [0, 0.05) is 23.5 Å². The Balaban J connectivity index is 1.51. The van der Waals surface area contributed by atoms with Crippen molar-refractivity contribution in [3.63, 3.8) is 0 Å². The van der Waals surface area contributed by atoms with Crippen molar-refractivity contribution in [2.45, 2.75) is 46.1 Å². The van der Waals surface area contributed by atoms with Crippen molar-refractivity contribution in [1.29, 1.82) is 0 Å². The fourth-order valence-corrected chi connectivity index (χ4v) is 5.76. The molecule has 1 aliphatic rings. The highest BCUT2D eigenvalue weighted by Gasteiger charge is 2.33. The second-order valence-corrected chi connectivity index (χ2v) is 11.5. The molecule has 3 aromatic rings. The van der Waals surface area contributed by atoms with E-state index in [4.69, 9.17) is 9.47 Å². The number of nitrogens with zero attached hydrogens (tertiary/aromatic N) is 2. The molecule has 0 bridgehead atoms. The van der Waals surface area contributed by atoms with Crippen LogP contribution >= 0.6 is 11.3 Å². The van der Waals surface area contributed by atoms with Crippen molar-refractivity contribution in [1.82, 2.24) is 9.80 Å². The van der Waals surface area contributed by atoms with Gasteiger partial charge in [0.2, 0.25) is 5.91 Å². The number of thiophene rings is 1. The van der Waals surface area contributed by atoms with Crippen LogP contribution in [0.4, 0.5) is 0 Å². The van der Waals surface area contributed by atoms with Crippen LogP contribution in [0.3, 0.4) is 0 Å². The van der Waals surface area contributed by atoms with Gasteiger partial charge in [-0.3, -0.25) is 9.59 Å². The highest BCUT2D eigenvalue weighted by Crippen LogP contribution is 2.34. The smallest absolute Gasteiger partial charge is 0.254 e. The normalized spacial score (nSPS) is 14.9. The standard InChI is InChI=1S/C31H38N2O4S/c1-21(2)18-32(31(35)24-8-10-25(36-5)11-9-24)19-30(34)33-16-14-29-27(15-17-38-29)28(33)20-37-26-12-6-23(7-13-26)22(3)4/h6-13,15,17,21-22,28H,14,16,18-20H2,1-5H3/t28-/m0/s1. The van der Waals surface area contributed by atoms with Gasteiger partial charge < -0.3 is 19.3 Å². The zero-order valence-corrected chi connectivity index (χ0v) is 23.8. The van der Waals surface area contributed by atoms with Gasteiger partial charge in [-0.1, -0.05) is 39.8 Å². The van der Waals surface area contributed by atoms with Crippen molar-refractivity contribution in [3.05, 3.63) is 81.5 Å². The maximum Gasteiger partial charge on any atom is 0.254 e. The summed E-state index contributed by atoms with van der Waals surface area (Å²) in [4.78, 5) is 32.0. The molecule has 0 radical (unpaired) electrons. The maximum atomic E-state index is 13.8. The first-order chi connectivity index (χ1) is 18.3. The summed E-state index contributed by atoms with van der Waals surface area (Å²) in [6.07, 6.45) is 0.814. The van der Waals surface area contributed by atoms with Gasteiger partial charge in [0.25, 0.3) is 5.91 Å². The number of carbonyl (C=O) groups is 2. The molecule has 0 saturated carbocycles. The number of fused-ring (bicyclic) bond motifs is 1. The molecule has 0 aliphatic carbocycles. The molecule has 0 spiro atoms. The zero-order valence-electron chi connectivity index (χ0n) is 23.0. The Kier molecular flexibility index (Phi) is 9.10. The average molecular weight is 535 g/mol. The summed E-state index contributed by atoms with van der Waals surface area (Å²) >= 11 is 1.73. The van der Waals surface area contributed by atoms with Crippen LogP contribution in [0.2, 0.25) is 0 Å². The Morgan fingerprint density at radius 2 is 1.68 bits per heavy atom. The van der Waals surface area contributed by atoms with Crippen molar-refractivity contribution < 1.29 is 19.1 Å². The van der Waals surface area contributed by atoms with Crippen molar-refractivity contribution in [2.24, 2.45) is 5.92 Å². The molecule has 202 valence electrons. The Morgan fingerprint density at radius 1 is 1.00 bits per heavy atom. The number of benzene rings is 2. The minimum Gasteiger partial charge on any atom is -0.497 e. The highest BCUT2D eigenvalue weighted by molar-refractivity contribution is 7.10. The first-order valence-electron chi connectivity index (χ1n) is 13.3. The summed E-state index contributed by atoms with van der Waals surface area (Å²) in [5.74, 6) is 1.95. The van der Waals surface area contributed by atoms with Gasteiger partial charge in [-0.15, -0.1) is 11.3 Å². The van der Waals surface area contributed by atoms with Crippen LogP contribution in [0, 0.1) is 5.92 Å². The van der Waals surface area contributed by atoms with Crippen LogP contribution in [0.25, 0.3) is 0 Å². The largest absolute Gasteiger partial charge is 0.497 e. The Hall–Kier alpha value is -3.32. The Labute approximate surface area is 230 Å². The summed E-state index contributed by atoms with van der Waals surface area (Å²) in [5.41, 5.74) is 2.95. The van der Waals surface area contributed by atoms with Crippen molar-refractivity contribution in [3.8, 4) is 11.5 Å². The van der Waals surface area contributed by atoms with E-state index in [0.29, 0.717) is 36.9 Å². The lowest BCUT2D eigenvalue weighted by Gasteiger charge is -2.37. The molecule has 7 heteroatoms. The topological polar surface area (TPSA) is 59.1 Å². The third-order valence-electron chi connectivity index (χ3n) is 6.91. The molecule has 38 heavy (non-hydrogen) atoms. The lowest BCUT2D eigenvalue weighted by atomic mass is 10.00. The van der Waals surface area contributed by atoms with E-state index >= 15 is 0 Å². The van der Waals surface area contributed by atoms with E-state index in [2.05, 4.69) is 51.3 Å². The average Bonchev–Trinajstić information content (AvgIpc) is 3.40. The SMILES string of the molecule is COc1ccc(C(=O)N(CC(=O)N2CCc3sccc3[C@@H]2COc2ccc(C(C)C)cc2)CC(C)C)cc1. The van der Waals surface area contributed by atoms with Crippen molar-refractivity contribution >= 4 is 23.2 Å². The van der Waals surface area contributed by atoms with E-state index in [-0.39, 0.29) is 30.3 Å². The summed E-state index contributed by atoms with van der Waals surface area (Å²) < 4.78 is 11.4. The van der Waals surface area contributed by atoms with E-state index in [1.165, 1.54) is 10.4 Å². The monoisotopic (exact) mass is 534 g/mol. The molecule has 1 atom stereocenters. The summed E-state index contributed by atoms with van der Waals surface area (Å²) in [5, 5.41) is 2.08. The number of methoxy groups -OCH3 is 1. The van der Waals surface area contributed by atoms with Gasteiger partial charge in [-0.2, -0.15) is 0 Å². The van der Waals surface area contributed by atoms with Gasteiger partial charge >= 0.3 is 0 Å². The number of amides is 2. The molecule has 4 rings (SSSR count). The molecule has 1 aliphatic heterocycles. The lowest BCUT2D eigenvalue weighted by Crippen LogP contribution is -2.48. The van der Waals surface area contributed by atoms with Crippen LogP contribution < -0.4 is 9.47 Å². The molecular formula is C31H38N2O4S. The molecule has 0 unspecified atom stereocenters. The fraction of sp³-hybridized carbons (Fsp3) is 0.419. The molecule has 6 nitrogen and oxygen atoms in total. The van der Waals surface area contributed by atoms with Gasteiger partial charge in [-0.05, 0) is 77.2 Å². The number of rotatable bonds is 10. The molecule has 0 fully saturated rings. The molecule has 2 amide bonds. The molecule has 1 aromatic heterocycles. The summed E-state index contributed by atoms with van der Waals surface area (Å²) in [7, 11) is 1.60. The fourth-order valence-electron chi connectivity index (χ4n) is 4.83. The number of ether oxygens (including phenoxy) is 2. The third kappa shape index (κ3) is 6.57. The van der Waals surface area contributed by atoms with Gasteiger partial charge in [0.05, 0.1) is 13.2 Å². The Morgan fingerprint density at radius 3 is 2.32 bits per heavy atom. The Bertz CT molecular complexity index is 1220. The second kappa shape index (κ2) is 12.5. The number of hydrogen-bond acceptors (Lipinski definition) is 5. The van der Waals surface area contributed by atoms with Gasteiger partial charge in [-0.25, -0.2) is 0 Å². The van der Waals surface area contributed by atoms with E-state index in [0.717, 1.165) is 17.7 Å². The van der Waals surface area contributed by atoms with Gasteiger partial charge in [0.1, 0.15) is 24.7 Å². The molecule has 2 aromatic carbocycles. The first-order valence-corrected chi connectivity index (χ1v) is 14.2. The lowest BCUT2D eigenvalue weighted by molar-refractivity contribution is -0.135. The summed E-state index contributed by atoms with van der Waals surface area (Å²) in [6, 6.07) is 17.1. The molecule has 2 heterocycles. The second-order valence-electron chi connectivity index (χ2n) is 10.5. The van der Waals surface area contributed by atoms with E-state index in [1.807, 2.05) is 17.0 Å². The first kappa shape index (κ1) is 27.7. The van der Waals surface area contributed by atoms with Crippen LogP contribution in [0.1, 0.15) is 66.0 Å². The van der Waals surface area contributed by atoms with E-state index in [9.17, 15) is 9.59 Å². The number of hydrogen-bond donors (Lipinski definition) is 0. The van der Waals surface area contributed by atoms with E-state index < -0.39 is 0 Å². The maximum absolute atomic E-state index is 13.8. The minimum atomic E-state index is -0.195. The van der Waals surface area contributed by atoms with Crippen LogP contribution in [-0.4, -0.2) is 55.0 Å².